The Morgan fingerprint density at radius 2 is 1.85 bits per heavy atom. The Balaban J connectivity index is 1.64. The summed E-state index contributed by atoms with van der Waals surface area (Å²) in [5.41, 5.74) is 4.29. The highest BCUT2D eigenvalue weighted by molar-refractivity contribution is 6.44. The lowest BCUT2D eigenvalue weighted by molar-refractivity contribution is 0.102. The van der Waals surface area contributed by atoms with Gasteiger partial charge in [-0.2, -0.15) is 0 Å². The molecule has 134 valence electrons. The van der Waals surface area contributed by atoms with Gasteiger partial charge < -0.3 is 9.73 Å². The first kappa shape index (κ1) is 17.6. The minimum Gasteiger partial charge on any atom is -0.436 e. The summed E-state index contributed by atoms with van der Waals surface area (Å²) in [5.74, 6) is 0.153. The predicted octanol–water partition coefficient (Wildman–Crippen LogP) is 6.36. The molecular formula is C21H14Cl2N2O2. The minimum absolute atomic E-state index is 0.224. The zero-order valence-corrected chi connectivity index (χ0v) is 15.8. The molecule has 4 nitrogen and oxygen atoms in total. The van der Waals surface area contributed by atoms with E-state index >= 15 is 0 Å². The number of rotatable bonds is 3. The van der Waals surface area contributed by atoms with Crippen molar-refractivity contribution in [3.8, 4) is 11.5 Å². The summed E-state index contributed by atoms with van der Waals surface area (Å²) in [6.45, 7) is 2.00. The van der Waals surface area contributed by atoms with Gasteiger partial charge in [0.2, 0.25) is 5.89 Å². The van der Waals surface area contributed by atoms with Crippen molar-refractivity contribution in [2.24, 2.45) is 0 Å². The average Bonchev–Trinajstić information content (AvgIpc) is 3.07. The van der Waals surface area contributed by atoms with Crippen molar-refractivity contribution in [1.29, 1.82) is 0 Å². The van der Waals surface area contributed by atoms with Gasteiger partial charge in [-0.25, -0.2) is 4.98 Å². The number of halogens is 2. The molecule has 1 heterocycles. The maximum Gasteiger partial charge on any atom is 0.257 e. The summed E-state index contributed by atoms with van der Waals surface area (Å²) >= 11 is 12.1. The van der Waals surface area contributed by atoms with Crippen molar-refractivity contribution in [3.63, 3.8) is 0 Å². The number of amides is 1. The summed E-state index contributed by atoms with van der Waals surface area (Å²) in [5, 5.41) is 3.39. The second-order valence-corrected chi connectivity index (χ2v) is 6.91. The fraction of sp³-hybridized carbons (Fsp3) is 0.0476. The Morgan fingerprint density at radius 1 is 1.04 bits per heavy atom. The third-order valence-electron chi connectivity index (χ3n) is 4.11. The standard InChI is InChI=1S/C21H14Cl2N2O2/c1-12-8-9-17-18(10-12)27-21(25-17)13-4-2-5-14(11-13)24-20(26)15-6-3-7-16(22)19(15)23/h2-11H,1H3,(H,24,26). The van der Waals surface area contributed by atoms with E-state index < -0.39 is 0 Å². The molecule has 1 N–H and O–H groups in total. The number of hydrogen-bond acceptors (Lipinski definition) is 3. The van der Waals surface area contributed by atoms with E-state index in [0.29, 0.717) is 22.2 Å². The quantitative estimate of drug-likeness (QED) is 0.438. The van der Waals surface area contributed by atoms with E-state index in [1.165, 1.54) is 0 Å². The predicted molar refractivity (Wildman–Crippen MR) is 109 cm³/mol. The van der Waals surface area contributed by atoms with Crippen LogP contribution >= 0.6 is 23.2 Å². The van der Waals surface area contributed by atoms with E-state index in [0.717, 1.165) is 22.2 Å². The number of carbonyl (C=O) groups is 1. The number of nitrogens with one attached hydrogen (secondary N) is 1. The van der Waals surface area contributed by atoms with Crippen LogP contribution in [0.4, 0.5) is 5.69 Å². The molecule has 0 bridgehead atoms. The van der Waals surface area contributed by atoms with Crippen LogP contribution in [0.15, 0.2) is 65.1 Å². The van der Waals surface area contributed by atoms with E-state index in [1.54, 1.807) is 30.3 Å². The largest absolute Gasteiger partial charge is 0.436 e. The van der Waals surface area contributed by atoms with Gasteiger partial charge in [-0.1, -0.05) is 41.4 Å². The molecule has 0 atom stereocenters. The maximum atomic E-state index is 12.5. The zero-order valence-electron chi connectivity index (χ0n) is 14.3. The van der Waals surface area contributed by atoms with Gasteiger partial charge in [0.25, 0.3) is 5.91 Å². The first-order valence-corrected chi connectivity index (χ1v) is 9.00. The van der Waals surface area contributed by atoms with Gasteiger partial charge in [0, 0.05) is 11.3 Å². The third-order valence-corrected chi connectivity index (χ3v) is 4.93. The molecule has 0 saturated carbocycles. The summed E-state index contributed by atoms with van der Waals surface area (Å²) < 4.78 is 5.85. The lowest BCUT2D eigenvalue weighted by atomic mass is 10.1. The van der Waals surface area contributed by atoms with E-state index in [4.69, 9.17) is 27.6 Å². The Kier molecular flexibility index (Phi) is 4.60. The molecule has 0 aliphatic carbocycles. The molecule has 3 aromatic carbocycles. The molecule has 6 heteroatoms. The Bertz CT molecular complexity index is 1170. The molecule has 0 aliphatic rings. The number of nitrogens with zero attached hydrogens (tertiary/aromatic N) is 1. The summed E-state index contributed by atoms with van der Waals surface area (Å²) in [7, 11) is 0. The first-order chi connectivity index (χ1) is 13.0. The van der Waals surface area contributed by atoms with Crippen LogP contribution in [0.25, 0.3) is 22.6 Å². The van der Waals surface area contributed by atoms with Gasteiger partial charge in [-0.05, 0) is 55.0 Å². The van der Waals surface area contributed by atoms with Gasteiger partial charge in [-0.3, -0.25) is 4.79 Å². The molecule has 0 radical (unpaired) electrons. The molecule has 1 amide bonds. The molecule has 4 rings (SSSR count). The highest BCUT2D eigenvalue weighted by Gasteiger charge is 2.14. The van der Waals surface area contributed by atoms with E-state index in [9.17, 15) is 4.79 Å². The zero-order chi connectivity index (χ0) is 19.0. The summed E-state index contributed by atoms with van der Waals surface area (Å²) in [6.07, 6.45) is 0. The normalized spacial score (nSPS) is 10.9. The van der Waals surface area contributed by atoms with Crippen LogP contribution in [0.1, 0.15) is 15.9 Å². The number of benzene rings is 3. The second kappa shape index (κ2) is 7.06. The van der Waals surface area contributed by atoms with Crippen LogP contribution in [-0.4, -0.2) is 10.9 Å². The number of anilines is 1. The first-order valence-electron chi connectivity index (χ1n) is 8.24. The molecule has 0 fully saturated rings. The molecule has 1 aromatic heterocycles. The lowest BCUT2D eigenvalue weighted by Gasteiger charge is -2.08. The Morgan fingerprint density at radius 3 is 2.70 bits per heavy atom. The minimum atomic E-state index is -0.340. The van der Waals surface area contributed by atoms with E-state index in [2.05, 4.69) is 10.3 Å². The number of carbonyl (C=O) groups excluding carboxylic acids is 1. The second-order valence-electron chi connectivity index (χ2n) is 6.13. The fourth-order valence-corrected chi connectivity index (χ4v) is 3.15. The molecule has 27 heavy (non-hydrogen) atoms. The van der Waals surface area contributed by atoms with Crippen molar-refractivity contribution >= 4 is 45.9 Å². The number of oxazole rings is 1. The summed E-state index contributed by atoms with van der Waals surface area (Å²) in [6, 6.07) is 18.1. The fourth-order valence-electron chi connectivity index (χ4n) is 2.76. The summed E-state index contributed by atoms with van der Waals surface area (Å²) in [4.78, 5) is 17.0. The highest BCUT2D eigenvalue weighted by atomic mass is 35.5. The number of aryl methyl sites for hydroxylation is 1. The van der Waals surface area contributed by atoms with Gasteiger partial charge in [-0.15, -0.1) is 0 Å². The van der Waals surface area contributed by atoms with Crippen LogP contribution in [0.2, 0.25) is 10.0 Å². The van der Waals surface area contributed by atoms with Crippen molar-refractivity contribution in [2.75, 3.05) is 5.32 Å². The SMILES string of the molecule is Cc1ccc2nc(-c3cccc(NC(=O)c4cccc(Cl)c4Cl)c3)oc2c1. The Hall–Kier alpha value is -2.82. The van der Waals surface area contributed by atoms with Crippen LogP contribution in [0.5, 0.6) is 0 Å². The van der Waals surface area contributed by atoms with Crippen LogP contribution in [0, 0.1) is 6.92 Å². The smallest absolute Gasteiger partial charge is 0.257 e. The number of fused-ring (bicyclic) bond motifs is 1. The Labute approximate surface area is 165 Å². The number of hydrogen-bond donors (Lipinski definition) is 1. The van der Waals surface area contributed by atoms with Crippen LogP contribution < -0.4 is 5.32 Å². The van der Waals surface area contributed by atoms with Crippen LogP contribution in [0.3, 0.4) is 0 Å². The van der Waals surface area contributed by atoms with Gasteiger partial charge in [0.1, 0.15) is 5.52 Å². The topological polar surface area (TPSA) is 55.1 Å². The molecule has 0 aliphatic heterocycles. The third kappa shape index (κ3) is 3.54. The molecule has 0 saturated heterocycles. The maximum absolute atomic E-state index is 12.5. The highest BCUT2D eigenvalue weighted by Crippen LogP contribution is 2.28. The monoisotopic (exact) mass is 396 g/mol. The molecule has 0 spiro atoms. The van der Waals surface area contributed by atoms with Crippen LogP contribution in [-0.2, 0) is 0 Å². The van der Waals surface area contributed by atoms with Gasteiger partial charge in [0.15, 0.2) is 5.58 Å². The molecule has 4 aromatic rings. The number of aromatic nitrogens is 1. The lowest BCUT2D eigenvalue weighted by Crippen LogP contribution is -2.12. The van der Waals surface area contributed by atoms with Gasteiger partial charge >= 0.3 is 0 Å². The molecular weight excluding hydrogens is 383 g/mol. The van der Waals surface area contributed by atoms with Crippen molar-refractivity contribution in [1.82, 2.24) is 4.98 Å². The van der Waals surface area contributed by atoms with Gasteiger partial charge in [0.05, 0.1) is 15.6 Å². The van der Waals surface area contributed by atoms with E-state index in [-0.39, 0.29) is 10.9 Å². The van der Waals surface area contributed by atoms with Crippen molar-refractivity contribution in [3.05, 3.63) is 81.8 Å². The van der Waals surface area contributed by atoms with Crippen molar-refractivity contribution in [2.45, 2.75) is 6.92 Å². The average molecular weight is 397 g/mol. The molecule has 0 unspecified atom stereocenters. The van der Waals surface area contributed by atoms with E-state index in [1.807, 2.05) is 37.3 Å². The van der Waals surface area contributed by atoms with Crippen molar-refractivity contribution < 1.29 is 9.21 Å².